The summed E-state index contributed by atoms with van der Waals surface area (Å²) in [4.78, 5) is 10.6. The standard InChI is InChI=1S/C10H13NO4S/c1-9(12)15-8-7-11-16(13,14)10-5-3-2-4-6-10/h2-6,11H,7-8H2,1H3. The zero-order valence-corrected chi connectivity index (χ0v) is 9.66. The molecule has 0 aliphatic heterocycles. The van der Waals surface area contributed by atoms with Gasteiger partial charge in [-0.05, 0) is 12.1 Å². The third-order valence-corrected chi connectivity index (χ3v) is 3.23. The van der Waals surface area contributed by atoms with Crippen LogP contribution >= 0.6 is 0 Å². The van der Waals surface area contributed by atoms with Gasteiger partial charge in [0.1, 0.15) is 6.61 Å². The Hall–Kier alpha value is -1.40. The summed E-state index contributed by atoms with van der Waals surface area (Å²) in [6, 6.07) is 8.00. The van der Waals surface area contributed by atoms with Crippen molar-refractivity contribution in [3.05, 3.63) is 30.3 Å². The summed E-state index contributed by atoms with van der Waals surface area (Å²) in [6.45, 7) is 1.36. The maximum atomic E-state index is 11.6. The first kappa shape index (κ1) is 12.7. The van der Waals surface area contributed by atoms with Crippen LogP contribution in [0, 0.1) is 0 Å². The molecule has 1 aromatic carbocycles. The second-order valence-electron chi connectivity index (χ2n) is 3.05. The second-order valence-corrected chi connectivity index (χ2v) is 4.82. The van der Waals surface area contributed by atoms with E-state index in [1.807, 2.05) is 0 Å². The van der Waals surface area contributed by atoms with Crippen molar-refractivity contribution in [1.29, 1.82) is 0 Å². The van der Waals surface area contributed by atoms with Gasteiger partial charge in [-0.2, -0.15) is 0 Å². The minimum atomic E-state index is -3.50. The van der Waals surface area contributed by atoms with Crippen molar-refractivity contribution in [2.45, 2.75) is 11.8 Å². The molecule has 0 saturated heterocycles. The van der Waals surface area contributed by atoms with Crippen LogP contribution in [-0.4, -0.2) is 27.5 Å². The summed E-state index contributed by atoms with van der Waals surface area (Å²) in [5.41, 5.74) is 0. The molecular formula is C10H13NO4S. The minimum absolute atomic E-state index is 0.0292. The van der Waals surface area contributed by atoms with Gasteiger partial charge >= 0.3 is 5.97 Å². The van der Waals surface area contributed by atoms with Crippen LogP contribution in [0.3, 0.4) is 0 Å². The van der Waals surface area contributed by atoms with Crippen molar-refractivity contribution in [2.75, 3.05) is 13.2 Å². The highest BCUT2D eigenvalue weighted by atomic mass is 32.2. The predicted molar refractivity (Wildman–Crippen MR) is 58.3 cm³/mol. The maximum Gasteiger partial charge on any atom is 0.302 e. The van der Waals surface area contributed by atoms with E-state index in [-0.39, 0.29) is 18.0 Å². The van der Waals surface area contributed by atoms with Gasteiger partial charge in [0.15, 0.2) is 0 Å². The van der Waals surface area contributed by atoms with Gasteiger partial charge in [0, 0.05) is 13.5 Å². The molecule has 88 valence electrons. The van der Waals surface area contributed by atoms with Crippen molar-refractivity contribution >= 4 is 16.0 Å². The topological polar surface area (TPSA) is 72.5 Å². The van der Waals surface area contributed by atoms with Gasteiger partial charge in [0.2, 0.25) is 10.0 Å². The fourth-order valence-corrected chi connectivity index (χ4v) is 2.09. The number of carbonyl (C=O) groups is 1. The first-order valence-electron chi connectivity index (χ1n) is 4.70. The summed E-state index contributed by atoms with van der Waals surface area (Å²) < 4.78 is 30.2. The Morgan fingerprint density at radius 1 is 1.31 bits per heavy atom. The van der Waals surface area contributed by atoms with Crippen molar-refractivity contribution in [2.24, 2.45) is 0 Å². The number of carbonyl (C=O) groups excluding carboxylic acids is 1. The molecule has 0 aliphatic rings. The van der Waals surface area contributed by atoms with Gasteiger partial charge in [0.05, 0.1) is 4.90 Å². The first-order valence-corrected chi connectivity index (χ1v) is 6.19. The third kappa shape index (κ3) is 4.00. The number of ether oxygens (including phenoxy) is 1. The molecule has 0 heterocycles. The molecule has 1 aromatic rings. The number of benzene rings is 1. The number of sulfonamides is 1. The fraction of sp³-hybridized carbons (Fsp3) is 0.300. The largest absolute Gasteiger partial charge is 0.464 e. The van der Waals surface area contributed by atoms with Crippen molar-refractivity contribution in [3.63, 3.8) is 0 Å². The zero-order valence-electron chi connectivity index (χ0n) is 8.84. The van der Waals surface area contributed by atoms with E-state index in [1.165, 1.54) is 19.1 Å². The Balaban J connectivity index is 2.51. The molecule has 6 heteroatoms. The van der Waals surface area contributed by atoms with Crippen LogP contribution in [-0.2, 0) is 19.6 Å². The lowest BCUT2D eigenvalue weighted by atomic mass is 10.4. The Morgan fingerprint density at radius 3 is 2.50 bits per heavy atom. The molecule has 0 saturated carbocycles. The first-order chi connectivity index (χ1) is 7.52. The SMILES string of the molecule is CC(=O)OCCNS(=O)(=O)c1ccccc1. The summed E-state index contributed by atoms with van der Waals surface area (Å²) in [5, 5.41) is 0. The number of rotatable bonds is 5. The van der Waals surface area contributed by atoms with Crippen molar-refractivity contribution in [3.8, 4) is 0 Å². The summed E-state index contributed by atoms with van der Waals surface area (Å²) >= 11 is 0. The second kappa shape index (κ2) is 5.62. The highest BCUT2D eigenvalue weighted by Crippen LogP contribution is 2.06. The van der Waals surface area contributed by atoms with Gasteiger partial charge in [-0.1, -0.05) is 18.2 Å². The van der Waals surface area contributed by atoms with Crippen LogP contribution in [0.4, 0.5) is 0 Å². The molecule has 1 rings (SSSR count). The predicted octanol–water partition coefficient (Wildman–Crippen LogP) is 0.528. The van der Waals surface area contributed by atoms with E-state index in [4.69, 9.17) is 0 Å². The van der Waals surface area contributed by atoms with Crippen LogP contribution in [0.2, 0.25) is 0 Å². The molecule has 0 unspecified atom stereocenters. The van der Waals surface area contributed by atoms with Crippen molar-refractivity contribution < 1.29 is 17.9 Å². The summed E-state index contributed by atoms with van der Waals surface area (Å²) in [5.74, 6) is -0.432. The Labute approximate surface area is 94.5 Å². The molecule has 16 heavy (non-hydrogen) atoms. The molecule has 0 aliphatic carbocycles. The zero-order chi connectivity index (χ0) is 12.0. The molecule has 0 radical (unpaired) electrons. The highest BCUT2D eigenvalue weighted by Gasteiger charge is 2.11. The van der Waals surface area contributed by atoms with Crippen LogP contribution < -0.4 is 4.72 Å². The van der Waals surface area contributed by atoms with E-state index < -0.39 is 16.0 Å². The third-order valence-electron chi connectivity index (χ3n) is 1.75. The van der Waals surface area contributed by atoms with Crippen LogP contribution in [0.5, 0.6) is 0 Å². The van der Waals surface area contributed by atoms with Gasteiger partial charge in [-0.3, -0.25) is 4.79 Å². The Kier molecular flexibility index (Phi) is 4.45. The van der Waals surface area contributed by atoms with Gasteiger partial charge in [-0.25, -0.2) is 13.1 Å². The maximum absolute atomic E-state index is 11.6. The number of hydrogen-bond donors (Lipinski definition) is 1. The molecule has 0 fully saturated rings. The summed E-state index contributed by atoms with van der Waals surface area (Å²) in [7, 11) is -3.50. The Bertz CT molecular complexity index is 441. The van der Waals surface area contributed by atoms with Gasteiger partial charge in [-0.15, -0.1) is 0 Å². The lowest BCUT2D eigenvalue weighted by molar-refractivity contribution is -0.140. The van der Waals surface area contributed by atoms with E-state index >= 15 is 0 Å². The minimum Gasteiger partial charge on any atom is -0.464 e. The van der Waals surface area contributed by atoms with E-state index in [0.717, 1.165) is 0 Å². The number of nitrogens with one attached hydrogen (secondary N) is 1. The quantitative estimate of drug-likeness (QED) is 0.604. The fourth-order valence-electron chi connectivity index (χ4n) is 1.05. The van der Waals surface area contributed by atoms with Gasteiger partial charge < -0.3 is 4.74 Å². The van der Waals surface area contributed by atoms with Crippen LogP contribution in [0.15, 0.2) is 35.2 Å². The Morgan fingerprint density at radius 2 is 1.94 bits per heavy atom. The molecule has 0 spiro atoms. The molecular weight excluding hydrogens is 230 g/mol. The van der Waals surface area contributed by atoms with Crippen molar-refractivity contribution in [1.82, 2.24) is 4.72 Å². The normalized spacial score (nSPS) is 11.1. The monoisotopic (exact) mass is 243 g/mol. The molecule has 0 atom stereocenters. The van der Waals surface area contributed by atoms with Gasteiger partial charge in [0.25, 0.3) is 0 Å². The molecule has 0 bridgehead atoms. The van der Waals surface area contributed by atoms with E-state index in [9.17, 15) is 13.2 Å². The van der Waals surface area contributed by atoms with E-state index in [2.05, 4.69) is 9.46 Å². The van der Waals surface area contributed by atoms with Crippen LogP contribution in [0.25, 0.3) is 0 Å². The highest BCUT2D eigenvalue weighted by molar-refractivity contribution is 7.89. The molecule has 5 nitrogen and oxygen atoms in total. The number of hydrogen-bond acceptors (Lipinski definition) is 4. The summed E-state index contributed by atoms with van der Waals surface area (Å²) in [6.07, 6.45) is 0. The van der Waals surface area contributed by atoms with E-state index in [1.54, 1.807) is 18.2 Å². The lowest BCUT2D eigenvalue weighted by Crippen LogP contribution is -2.27. The number of esters is 1. The lowest BCUT2D eigenvalue weighted by Gasteiger charge is -2.06. The average molecular weight is 243 g/mol. The smallest absolute Gasteiger partial charge is 0.302 e. The van der Waals surface area contributed by atoms with E-state index in [0.29, 0.717) is 0 Å². The van der Waals surface area contributed by atoms with Crippen LogP contribution in [0.1, 0.15) is 6.92 Å². The molecule has 0 amide bonds. The molecule has 1 N–H and O–H groups in total. The molecule has 0 aromatic heterocycles. The average Bonchev–Trinajstić information content (AvgIpc) is 2.26.